The van der Waals surface area contributed by atoms with Gasteiger partial charge in [0.05, 0.1) is 5.92 Å². The van der Waals surface area contributed by atoms with Gasteiger partial charge in [-0.25, -0.2) is 0 Å². The zero-order chi connectivity index (χ0) is 12.5. The lowest BCUT2D eigenvalue weighted by Crippen LogP contribution is -2.42. The average Bonchev–Trinajstić information content (AvgIpc) is 2.85. The van der Waals surface area contributed by atoms with Crippen molar-refractivity contribution in [1.29, 1.82) is 0 Å². The summed E-state index contributed by atoms with van der Waals surface area (Å²) in [7, 11) is 0. The highest BCUT2D eigenvalue weighted by molar-refractivity contribution is 5.79. The van der Waals surface area contributed by atoms with Crippen LogP contribution in [0.25, 0.3) is 0 Å². The second kappa shape index (κ2) is 4.97. The molecule has 1 saturated carbocycles. The third kappa shape index (κ3) is 3.21. The highest BCUT2D eigenvalue weighted by atomic mass is 16.2. The maximum absolute atomic E-state index is 12.1. The molecular formula is C14H26N2O. The summed E-state index contributed by atoms with van der Waals surface area (Å²) in [6, 6.07) is 0.464. The smallest absolute Gasteiger partial charge is 0.224 e. The molecule has 1 aliphatic carbocycles. The maximum Gasteiger partial charge on any atom is 0.224 e. The predicted octanol–water partition coefficient (Wildman–Crippen LogP) is 2.17. The Balaban J connectivity index is 1.81. The third-order valence-electron chi connectivity index (χ3n) is 4.21. The predicted molar refractivity (Wildman–Crippen MR) is 69.8 cm³/mol. The van der Waals surface area contributed by atoms with Crippen molar-refractivity contribution in [3.8, 4) is 0 Å². The van der Waals surface area contributed by atoms with Gasteiger partial charge in [-0.05, 0) is 46.6 Å². The summed E-state index contributed by atoms with van der Waals surface area (Å²) in [5.41, 5.74) is 0.197. The molecule has 2 aliphatic rings. The average molecular weight is 238 g/mol. The Morgan fingerprint density at radius 2 is 1.82 bits per heavy atom. The van der Waals surface area contributed by atoms with Crippen LogP contribution in [0, 0.1) is 5.92 Å². The molecule has 0 aromatic carbocycles. The first-order valence-electron chi connectivity index (χ1n) is 7.02. The Morgan fingerprint density at radius 1 is 1.18 bits per heavy atom. The first kappa shape index (κ1) is 12.9. The Hall–Kier alpha value is -0.570. The van der Waals surface area contributed by atoms with Crippen LogP contribution in [0.15, 0.2) is 0 Å². The Morgan fingerprint density at radius 3 is 2.35 bits per heavy atom. The number of hydrogen-bond acceptors (Lipinski definition) is 2. The molecule has 1 aliphatic heterocycles. The van der Waals surface area contributed by atoms with Crippen molar-refractivity contribution < 1.29 is 4.79 Å². The SMILES string of the molecule is CC(C)(C)N1CCC(C(=O)NC2CCCC2)C1. The molecule has 17 heavy (non-hydrogen) atoms. The van der Waals surface area contributed by atoms with Gasteiger partial charge in [0.15, 0.2) is 0 Å². The standard InChI is InChI=1S/C14H26N2O/c1-14(2,3)16-9-8-11(10-16)13(17)15-12-6-4-5-7-12/h11-12H,4-10H2,1-3H3,(H,15,17). The Bertz CT molecular complexity index is 276. The molecule has 3 heteroatoms. The van der Waals surface area contributed by atoms with Crippen molar-refractivity contribution in [3.63, 3.8) is 0 Å². The van der Waals surface area contributed by atoms with Gasteiger partial charge in [-0.15, -0.1) is 0 Å². The molecule has 1 saturated heterocycles. The molecule has 0 bridgehead atoms. The van der Waals surface area contributed by atoms with Crippen LogP contribution >= 0.6 is 0 Å². The molecule has 2 rings (SSSR count). The van der Waals surface area contributed by atoms with Gasteiger partial charge < -0.3 is 5.32 Å². The summed E-state index contributed by atoms with van der Waals surface area (Å²) in [5.74, 6) is 0.512. The lowest BCUT2D eigenvalue weighted by molar-refractivity contribution is -0.125. The summed E-state index contributed by atoms with van der Waals surface area (Å²) >= 11 is 0. The minimum atomic E-state index is 0.197. The second-order valence-electron chi connectivity index (χ2n) is 6.59. The zero-order valence-corrected chi connectivity index (χ0v) is 11.5. The van der Waals surface area contributed by atoms with E-state index >= 15 is 0 Å². The molecule has 1 N–H and O–H groups in total. The van der Waals surface area contributed by atoms with Crippen LogP contribution in [0.1, 0.15) is 52.9 Å². The molecule has 0 aromatic heterocycles. The molecule has 98 valence electrons. The number of carbonyl (C=O) groups excluding carboxylic acids is 1. The number of carbonyl (C=O) groups is 1. The fourth-order valence-electron chi connectivity index (χ4n) is 2.97. The minimum Gasteiger partial charge on any atom is -0.353 e. The normalized spacial score (nSPS) is 27.6. The van der Waals surface area contributed by atoms with E-state index in [4.69, 9.17) is 0 Å². The van der Waals surface area contributed by atoms with E-state index in [1.807, 2.05) is 0 Å². The number of nitrogens with zero attached hydrogens (tertiary/aromatic N) is 1. The fourth-order valence-corrected chi connectivity index (χ4v) is 2.97. The first-order valence-corrected chi connectivity index (χ1v) is 7.02. The number of hydrogen-bond donors (Lipinski definition) is 1. The summed E-state index contributed by atoms with van der Waals surface area (Å²) in [6.45, 7) is 8.67. The fraction of sp³-hybridized carbons (Fsp3) is 0.929. The van der Waals surface area contributed by atoms with Crippen molar-refractivity contribution in [2.75, 3.05) is 13.1 Å². The van der Waals surface area contributed by atoms with Crippen molar-refractivity contribution in [1.82, 2.24) is 10.2 Å². The van der Waals surface area contributed by atoms with E-state index in [1.165, 1.54) is 25.7 Å². The number of rotatable bonds is 2. The van der Waals surface area contributed by atoms with Gasteiger partial charge in [0.1, 0.15) is 0 Å². The van der Waals surface area contributed by atoms with E-state index in [1.54, 1.807) is 0 Å². The number of nitrogens with one attached hydrogen (secondary N) is 1. The molecule has 0 aromatic rings. The van der Waals surface area contributed by atoms with Gasteiger partial charge in [-0.1, -0.05) is 12.8 Å². The van der Waals surface area contributed by atoms with Crippen molar-refractivity contribution >= 4 is 5.91 Å². The van der Waals surface area contributed by atoms with Crippen LogP contribution in [0.4, 0.5) is 0 Å². The van der Waals surface area contributed by atoms with Crippen LogP contribution in [0.3, 0.4) is 0 Å². The highest BCUT2D eigenvalue weighted by Gasteiger charge is 2.34. The van der Waals surface area contributed by atoms with Gasteiger partial charge in [0.2, 0.25) is 5.91 Å². The summed E-state index contributed by atoms with van der Waals surface area (Å²) in [4.78, 5) is 14.6. The van der Waals surface area contributed by atoms with E-state index in [0.29, 0.717) is 11.9 Å². The summed E-state index contributed by atoms with van der Waals surface area (Å²) < 4.78 is 0. The topological polar surface area (TPSA) is 32.3 Å². The van der Waals surface area contributed by atoms with E-state index < -0.39 is 0 Å². The monoisotopic (exact) mass is 238 g/mol. The van der Waals surface area contributed by atoms with Gasteiger partial charge in [-0.3, -0.25) is 9.69 Å². The van der Waals surface area contributed by atoms with Crippen LogP contribution in [-0.2, 0) is 4.79 Å². The van der Waals surface area contributed by atoms with Crippen LogP contribution < -0.4 is 5.32 Å². The molecule has 0 radical (unpaired) electrons. The Labute approximate surface area is 105 Å². The first-order chi connectivity index (χ1) is 7.97. The highest BCUT2D eigenvalue weighted by Crippen LogP contribution is 2.25. The van der Waals surface area contributed by atoms with Gasteiger partial charge in [0.25, 0.3) is 0 Å². The molecule has 1 amide bonds. The Kier molecular flexibility index (Phi) is 3.76. The molecule has 1 heterocycles. The summed E-state index contributed by atoms with van der Waals surface area (Å²) in [6.07, 6.45) is 5.95. The van der Waals surface area contributed by atoms with Crippen molar-refractivity contribution in [3.05, 3.63) is 0 Å². The molecule has 1 atom stereocenters. The molecule has 3 nitrogen and oxygen atoms in total. The van der Waals surface area contributed by atoms with Crippen molar-refractivity contribution in [2.45, 2.75) is 64.5 Å². The van der Waals surface area contributed by atoms with E-state index in [9.17, 15) is 4.79 Å². The number of likely N-dealkylation sites (tertiary alicyclic amines) is 1. The largest absolute Gasteiger partial charge is 0.353 e. The maximum atomic E-state index is 12.1. The van der Waals surface area contributed by atoms with Gasteiger partial charge >= 0.3 is 0 Å². The zero-order valence-electron chi connectivity index (χ0n) is 11.5. The van der Waals surface area contributed by atoms with E-state index in [-0.39, 0.29) is 11.5 Å². The van der Waals surface area contributed by atoms with Gasteiger partial charge in [0, 0.05) is 18.1 Å². The second-order valence-corrected chi connectivity index (χ2v) is 6.59. The van der Waals surface area contributed by atoms with E-state index in [0.717, 1.165) is 19.5 Å². The van der Waals surface area contributed by atoms with Gasteiger partial charge in [-0.2, -0.15) is 0 Å². The number of amides is 1. The lowest BCUT2D eigenvalue weighted by Gasteiger charge is -2.31. The molecular weight excluding hydrogens is 212 g/mol. The van der Waals surface area contributed by atoms with Crippen LogP contribution in [-0.4, -0.2) is 35.5 Å². The van der Waals surface area contributed by atoms with Crippen LogP contribution in [0.2, 0.25) is 0 Å². The molecule has 0 spiro atoms. The lowest BCUT2D eigenvalue weighted by atomic mass is 10.1. The third-order valence-corrected chi connectivity index (χ3v) is 4.21. The van der Waals surface area contributed by atoms with Crippen LogP contribution in [0.5, 0.6) is 0 Å². The minimum absolute atomic E-state index is 0.197. The van der Waals surface area contributed by atoms with Crippen molar-refractivity contribution in [2.24, 2.45) is 5.92 Å². The van der Waals surface area contributed by atoms with E-state index in [2.05, 4.69) is 31.0 Å². The molecule has 2 fully saturated rings. The molecule has 1 unspecified atom stereocenters. The quantitative estimate of drug-likeness (QED) is 0.799. The summed E-state index contributed by atoms with van der Waals surface area (Å²) in [5, 5.41) is 3.23.